The first-order valence-electron chi connectivity index (χ1n) is 9.85. The van der Waals surface area contributed by atoms with E-state index in [4.69, 9.17) is 4.74 Å². The summed E-state index contributed by atoms with van der Waals surface area (Å²) in [5, 5.41) is 7.70. The van der Waals surface area contributed by atoms with Crippen molar-refractivity contribution in [3.05, 3.63) is 17.5 Å². The maximum absolute atomic E-state index is 14.7. The summed E-state index contributed by atoms with van der Waals surface area (Å²) < 4.78 is 35.7. The smallest absolute Gasteiger partial charge is 0.305 e. The summed E-state index contributed by atoms with van der Waals surface area (Å²) in [6.07, 6.45) is 2.66. The molecule has 2 fully saturated rings. The van der Waals surface area contributed by atoms with Crippen molar-refractivity contribution in [1.82, 2.24) is 25.0 Å². The van der Waals surface area contributed by atoms with Gasteiger partial charge < -0.3 is 9.64 Å². The van der Waals surface area contributed by atoms with Crippen molar-refractivity contribution < 1.29 is 18.3 Å². The average molecular weight is 404 g/mol. The highest BCUT2D eigenvalue weighted by atomic mass is 19.3. The van der Waals surface area contributed by atoms with Crippen molar-refractivity contribution >= 4 is 11.8 Å². The molecule has 2 aromatic rings. The van der Waals surface area contributed by atoms with Crippen LogP contribution in [0.1, 0.15) is 30.5 Å². The number of alkyl halides is 2. The predicted molar refractivity (Wildman–Crippen MR) is 98.2 cm³/mol. The number of aromatic nitrogens is 5. The monoisotopic (exact) mass is 404 g/mol. The molecule has 5 rings (SSSR count). The number of methoxy groups -OCH3 is 1. The number of anilines is 1. The highest BCUT2D eigenvalue weighted by Gasteiger charge is 2.57. The summed E-state index contributed by atoms with van der Waals surface area (Å²) in [6.45, 7) is 1.43. The van der Waals surface area contributed by atoms with Crippen LogP contribution in [0.2, 0.25) is 0 Å². The molecule has 8 nitrogen and oxygen atoms in total. The lowest BCUT2D eigenvalue weighted by Gasteiger charge is -2.30. The van der Waals surface area contributed by atoms with E-state index in [9.17, 15) is 13.6 Å². The van der Waals surface area contributed by atoms with Crippen LogP contribution in [0.3, 0.4) is 0 Å². The number of rotatable bonds is 4. The van der Waals surface area contributed by atoms with Crippen molar-refractivity contribution in [1.29, 1.82) is 0 Å². The van der Waals surface area contributed by atoms with Crippen molar-refractivity contribution in [2.75, 3.05) is 25.1 Å². The van der Waals surface area contributed by atoms with Gasteiger partial charge in [0.1, 0.15) is 17.2 Å². The maximum atomic E-state index is 14.7. The number of carbonyl (C=O) groups is 1. The second-order valence-corrected chi connectivity index (χ2v) is 8.18. The van der Waals surface area contributed by atoms with Crippen LogP contribution in [0, 0.1) is 17.8 Å². The molecule has 0 N–H and O–H groups in total. The largest absolute Gasteiger partial charge is 0.469 e. The van der Waals surface area contributed by atoms with Gasteiger partial charge in [-0.05, 0) is 30.6 Å². The van der Waals surface area contributed by atoms with Crippen LogP contribution in [0.15, 0.2) is 6.20 Å². The molecule has 154 valence electrons. The summed E-state index contributed by atoms with van der Waals surface area (Å²) in [6, 6.07) is 0. The Morgan fingerprint density at radius 3 is 2.72 bits per heavy atom. The van der Waals surface area contributed by atoms with Gasteiger partial charge in [-0.1, -0.05) is 5.21 Å². The molecule has 2 aromatic heterocycles. The summed E-state index contributed by atoms with van der Waals surface area (Å²) >= 11 is 0. The Labute approximate surface area is 166 Å². The van der Waals surface area contributed by atoms with Gasteiger partial charge >= 0.3 is 5.97 Å². The number of hydrogen-bond donors (Lipinski definition) is 0. The van der Waals surface area contributed by atoms with Gasteiger partial charge in [-0.2, -0.15) is 8.78 Å². The normalized spacial score (nSPS) is 26.8. The van der Waals surface area contributed by atoms with Crippen LogP contribution in [0.4, 0.5) is 14.6 Å². The SMILES string of the molecule is COC(=O)CC1C2CN(c3nc(-c4cnnn4C)nc4c3CCCC4(F)F)CC12. The highest BCUT2D eigenvalue weighted by Crippen LogP contribution is 2.55. The van der Waals surface area contributed by atoms with E-state index >= 15 is 0 Å². The Bertz CT molecular complexity index is 966. The Hall–Kier alpha value is -2.65. The molecule has 1 saturated heterocycles. The molecular formula is C19H22F2N6O2. The second kappa shape index (κ2) is 6.43. The molecule has 29 heavy (non-hydrogen) atoms. The molecule has 0 bridgehead atoms. The molecule has 2 atom stereocenters. The van der Waals surface area contributed by atoms with Crippen LogP contribution in [-0.2, 0) is 28.9 Å². The zero-order valence-corrected chi connectivity index (χ0v) is 16.3. The fourth-order valence-corrected chi connectivity index (χ4v) is 4.88. The molecule has 2 aliphatic carbocycles. The van der Waals surface area contributed by atoms with E-state index in [2.05, 4.69) is 25.2 Å². The minimum Gasteiger partial charge on any atom is -0.469 e. The summed E-state index contributed by atoms with van der Waals surface area (Å²) in [7, 11) is 3.08. The van der Waals surface area contributed by atoms with E-state index in [0.717, 1.165) is 0 Å². The van der Waals surface area contributed by atoms with E-state index in [1.807, 2.05) is 0 Å². The first-order chi connectivity index (χ1) is 13.9. The van der Waals surface area contributed by atoms with Gasteiger partial charge in [0, 0.05) is 38.5 Å². The number of ether oxygens (including phenoxy) is 1. The molecule has 2 unspecified atom stereocenters. The fraction of sp³-hybridized carbons (Fsp3) is 0.632. The number of hydrogen-bond acceptors (Lipinski definition) is 7. The Morgan fingerprint density at radius 1 is 1.31 bits per heavy atom. The Morgan fingerprint density at radius 2 is 2.07 bits per heavy atom. The van der Waals surface area contributed by atoms with E-state index in [1.54, 1.807) is 7.05 Å². The van der Waals surface area contributed by atoms with Gasteiger partial charge in [0.05, 0.1) is 13.3 Å². The van der Waals surface area contributed by atoms with Crippen molar-refractivity contribution in [2.45, 2.75) is 31.6 Å². The van der Waals surface area contributed by atoms with E-state index in [1.165, 1.54) is 18.0 Å². The van der Waals surface area contributed by atoms with Crippen molar-refractivity contribution in [3.8, 4) is 11.5 Å². The molecule has 1 aliphatic heterocycles. The summed E-state index contributed by atoms with van der Waals surface area (Å²) in [5.41, 5.74) is 0.880. The molecule has 3 aliphatic rings. The fourth-order valence-electron chi connectivity index (χ4n) is 4.88. The van der Waals surface area contributed by atoms with Crippen LogP contribution in [-0.4, -0.2) is 51.1 Å². The number of halogens is 2. The zero-order valence-electron chi connectivity index (χ0n) is 16.3. The minimum absolute atomic E-state index is 0.170. The first kappa shape index (κ1) is 18.4. The average Bonchev–Trinajstić information content (AvgIpc) is 3.04. The highest BCUT2D eigenvalue weighted by molar-refractivity contribution is 5.70. The lowest BCUT2D eigenvalue weighted by molar-refractivity contribution is -0.141. The van der Waals surface area contributed by atoms with Crippen LogP contribution in [0.25, 0.3) is 11.5 Å². The number of piperidine rings is 1. The Balaban J connectivity index is 1.49. The van der Waals surface area contributed by atoms with E-state index < -0.39 is 5.92 Å². The van der Waals surface area contributed by atoms with E-state index in [-0.39, 0.29) is 23.9 Å². The summed E-state index contributed by atoms with van der Waals surface area (Å²) in [4.78, 5) is 22.6. The predicted octanol–water partition coefficient (Wildman–Crippen LogP) is 1.95. The standard InChI is InChI=1S/C19H22F2N6O2/c1-26-14(7-22-25-26)17-23-16-10(4-3-5-19(16,20)21)18(24-17)27-8-12-11(13(12)9-27)6-15(28)29-2/h7,11-13H,3-6,8-9H2,1-2H3. The molecule has 0 aromatic carbocycles. The van der Waals surface area contributed by atoms with Gasteiger partial charge in [0.15, 0.2) is 5.82 Å². The van der Waals surface area contributed by atoms with Crippen molar-refractivity contribution in [2.24, 2.45) is 24.8 Å². The van der Waals surface area contributed by atoms with Crippen molar-refractivity contribution in [3.63, 3.8) is 0 Å². The summed E-state index contributed by atoms with van der Waals surface area (Å²) in [5.74, 6) is -1.27. The maximum Gasteiger partial charge on any atom is 0.305 e. The van der Waals surface area contributed by atoms with Crippen LogP contribution < -0.4 is 4.90 Å². The van der Waals surface area contributed by atoms with Crippen LogP contribution in [0.5, 0.6) is 0 Å². The zero-order chi connectivity index (χ0) is 20.3. The van der Waals surface area contributed by atoms with Gasteiger partial charge in [-0.25, -0.2) is 14.6 Å². The molecule has 1 saturated carbocycles. The number of fused-ring (bicyclic) bond motifs is 2. The Kier molecular flexibility index (Phi) is 4.08. The quantitative estimate of drug-likeness (QED) is 0.720. The molecule has 0 spiro atoms. The second-order valence-electron chi connectivity index (χ2n) is 8.18. The van der Waals surface area contributed by atoms with Crippen LogP contribution >= 0.6 is 0 Å². The first-order valence-corrected chi connectivity index (χ1v) is 9.85. The van der Waals surface area contributed by atoms with Gasteiger partial charge in [-0.3, -0.25) is 4.79 Å². The third-order valence-electron chi connectivity index (χ3n) is 6.49. The molecular weight excluding hydrogens is 382 g/mol. The molecule has 0 radical (unpaired) electrons. The number of aryl methyl sites for hydroxylation is 1. The van der Waals surface area contributed by atoms with E-state index in [0.29, 0.717) is 67.2 Å². The van der Waals surface area contributed by atoms with Gasteiger partial charge in [0.2, 0.25) is 0 Å². The topological polar surface area (TPSA) is 86.0 Å². The molecule has 0 amide bonds. The number of esters is 1. The lowest BCUT2D eigenvalue weighted by atomic mass is 9.92. The van der Waals surface area contributed by atoms with Gasteiger partial charge in [-0.15, -0.1) is 5.10 Å². The third-order valence-corrected chi connectivity index (χ3v) is 6.49. The number of nitrogens with zero attached hydrogens (tertiary/aromatic N) is 6. The van der Waals surface area contributed by atoms with Gasteiger partial charge in [0.25, 0.3) is 5.92 Å². The molecule has 3 heterocycles. The number of carbonyl (C=O) groups excluding carboxylic acids is 1. The third kappa shape index (κ3) is 2.96. The molecule has 10 heteroatoms. The minimum atomic E-state index is -2.97. The lowest BCUT2D eigenvalue weighted by Crippen LogP contribution is -2.31.